The molecule has 1 aromatic heterocycles. The van der Waals surface area contributed by atoms with E-state index in [2.05, 4.69) is 34.7 Å². The molecule has 0 saturated heterocycles. The molecule has 5 N–H and O–H groups in total. The lowest BCUT2D eigenvalue weighted by Crippen LogP contribution is -2.37. The maximum absolute atomic E-state index is 5.92. The lowest BCUT2D eigenvalue weighted by molar-refractivity contribution is 0.491. The van der Waals surface area contributed by atoms with Crippen LogP contribution in [0.2, 0.25) is 0 Å². The Balaban J connectivity index is 1.92. The van der Waals surface area contributed by atoms with Crippen LogP contribution in [0.1, 0.15) is 17.5 Å². The maximum Gasteiger partial charge on any atom is 0.0378 e. The minimum absolute atomic E-state index is 0.201. The van der Waals surface area contributed by atoms with E-state index in [1.807, 2.05) is 18.3 Å². The summed E-state index contributed by atoms with van der Waals surface area (Å²) < 4.78 is 0. The summed E-state index contributed by atoms with van der Waals surface area (Å²) in [5, 5.41) is 0. The van der Waals surface area contributed by atoms with Gasteiger partial charge in [0.1, 0.15) is 0 Å². The fourth-order valence-electron chi connectivity index (χ4n) is 2.10. The number of hydrogen-bond acceptors (Lipinski definition) is 4. The lowest BCUT2D eigenvalue weighted by atomic mass is 10.00. The number of nitrogens with two attached hydrogens (primary N) is 2. The number of anilines is 1. The molecule has 2 rings (SSSR count). The molecule has 0 spiro atoms. The number of nitrogens with zero attached hydrogens (tertiary/aromatic N) is 1. The van der Waals surface area contributed by atoms with Crippen molar-refractivity contribution in [2.24, 2.45) is 5.84 Å². The van der Waals surface area contributed by atoms with Crippen molar-refractivity contribution in [3.63, 3.8) is 0 Å². The van der Waals surface area contributed by atoms with Crippen molar-refractivity contribution in [3.05, 3.63) is 59.9 Å². The number of nitrogen functional groups attached to an aromatic ring is 1. The zero-order valence-electron chi connectivity index (χ0n) is 10.9. The van der Waals surface area contributed by atoms with Gasteiger partial charge < -0.3 is 5.73 Å². The second-order valence-electron chi connectivity index (χ2n) is 4.67. The summed E-state index contributed by atoms with van der Waals surface area (Å²) in [6.45, 7) is 0. The molecular weight excluding hydrogens is 236 g/mol. The Hall–Kier alpha value is -1.91. The Bertz CT molecular complexity index is 499. The molecule has 0 aliphatic rings. The fourth-order valence-corrected chi connectivity index (χ4v) is 2.10. The standard InChI is InChI=1S/C15H20N4/c16-15-8-9-18-11-13(15)10-14(19-17)7-6-12-4-2-1-3-5-12/h1-5,8-9,11,14,19H,6-7,10,17H2,(H2,16,18). The molecule has 19 heavy (non-hydrogen) atoms. The third-order valence-electron chi connectivity index (χ3n) is 3.27. The van der Waals surface area contributed by atoms with Gasteiger partial charge in [-0.05, 0) is 36.5 Å². The smallest absolute Gasteiger partial charge is 0.0378 e. The highest BCUT2D eigenvalue weighted by Gasteiger charge is 2.10. The van der Waals surface area contributed by atoms with E-state index in [0.717, 1.165) is 30.5 Å². The number of hydrogen-bond donors (Lipinski definition) is 3. The molecule has 0 aliphatic carbocycles. The topological polar surface area (TPSA) is 77.0 Å². The highest BCUT2D eigenvalue weighted by atomic mass is 15.2. The van der Waals surface area contributed by atoms with Crippen LogP contribution in [0.15, 0.2) is 48.8 Å². The van der Waals surface area contributed by atoms with Crippen molar-refractivity contribution in [1.82, 2.24) is 10.4 Å². The summed E-state index contributed by atoms with van der Waals surface area (Å²) in [5.74, 6) is 5.62. The molecule has 0 radical (unpaired) electrons. The highest BCUT2D eigenvalue weighted by molar-refractivity contribution is 5.44. The zero-order valence-corrected chi connectivity index (χ0v) is 10.9. The summed E-state index contributed by atoms with van der Waals surface area (Å²) in [7, 11) is 0. The van der Waals surface area contributed by atoms with E-state index in [1.165, 1.54) is 5.56 Å². The first-order chi connectivity index (χ1) is 9.29. The van der Waals surface area contributed by atoms with Crippen molar-refractivity contribution in [2.75, 3.05) is 5.73 Å². The van der Waals surface area contributed by atoms with E-state index in [-0.39, 0.29) is 6.04 Å². The van der Waals surface area contributed by atoms with Crippen LogP contribution >= 0.6 is 0 Å². The number of aromatic nitrogens is 1. The van der Waals surface area contributed by atoms with Crippen LogP contribution in [0.4, 0.5) is 5.69 Å². The number of pyridine rings is 1. The average molecular weight is 256 g/mol. The van der Waals surface area contributed by atoms with Crippen LogP contribution in [0.3, 0.4) is 0 Å². The van der Waals surface area contributed by atoms with Crippen LogP contribution in [-0.4, -0.2) is 11.0 Å². The molecule has 0 amide bonds. The molecule has 0 saturated carbocycles. The van der Waals surface area contributed by atoms with Crippen molar-refractivity contribution in [1.29, 1.82) is 0 Å². The molecule has 0 aliphatic heterocycles. The van der Waals surface area contributed by atoms with Crippen LogP contribution in [-0.2, 0) is 12.8 Å². The molecule has 0 bridgehead atoms. The van der Waals surface area contributed by atoms with Gasteiger partial charge in [-0.2, -0.15) is 0 Å². The normalized spacial score (nSPS) is 12.3. The maximum atomic E-state index is 5.92. The number of benzene rings is 1. The Labute approximate surface area is 113 Å². The van der Waals surface area contributed by atoms with Gasteiger partial charge >= 0.3 is 0 Å². The highest BCUT2D eigenvalue weighted by Crippen LogP contribution is 2.14. The van der Waals surface area contributed by atoms with E-state index in [9.17, 15) is 0 Å². The lowest BCUT2D eigenvalue weighted by Gasteiger charge is -2.16. The molecule has 2 aromatic rings. The first kappa shape index (κ1) is 13.5. The first-order valence-corrected chi connectivity index (χ1v) is 6.48. The predicted molar refractivity (Wildman–Crippen MR) is 78.2 cm³/mol. The molecule has 1 unspecified atom stereocenters. The van der Waals surface area contributed by atoms with Gasteiger partial charge in [0.05, 0.1) is 0 Å². The molecule has 4 nitrogen and oxygen atoms in total. The number of aryl methyl sites for hydroxylation is 1. The van der Waals surface area contributed by atoms with Gasteiger partial charge in [-0.15, -0.1) is 0 Å². The minimum atomic E-state index is 0.201. The molecule has 1 atom stereocenters. The molecule has 0 fully saturated rings. The molecule has 1 aromatic carbocycles. The van der Waals surface area contributed by atoms with E-state index in [0.29, 0.717) is 0 Å². The number of hydrazine groups is 1. The quantitative estimate of drug-likeness (QED) is 0.543. The molecule has 1 heterocycles. The van der Waals surface area contributed by atoms with Gasteiger partial charge in [0.25, 0.3) is 0 Å². The average Bonchev–Trinajstić information content (AvgIpc) is 2.46. The number of nitrogens with one attached hydrogen (secondary N) is 1. The van der Waals surface area contributed by atoms with E-state index < -0.39 is 0 Å². The number of rotatable bonds is 6. The van der Waals surface area contributed by atoms with Crippen molar-refractivity contribution < 1.29 is 0 Å². The summed E-state index contributed by atoms with van der Waals surface area (Å²) in [6.07, 6.45) is 6.27. The second-order valence-corrected chi connectivity index (χ2v) is 4.67. The van der Waals surface area contributed by atoms with Gasteiger partial charge in [-0.1, -0.05) is 30.3 Å². The van der Waals surface area contributed by atoms with Gasteiger partial charge in [0.2, 0.25) is 0 Å². The zero-order chi connectivity index (χ0) is 13.5. The van der Waals surface area contributed by atoms with Crippen molar-refractivity contribution >= 4 is 5.69 Å². The van der Waals surface area contributed by atoms with Crippen LogP contribution in [0.25, 0.3) is 0 Å². The van der Waals surface area contributed by atoms with Gasteiger partial charge in [-0.3, -0.25) is 16.3 Å². The van der Waals surface area contributed by atoms with Gasteiger partial charge in [0.15, 0.2) is 0 Å². The minimum Gasteiger partial charge on any atom is -0.398 e. The fraction of sp³-hybridized carbons (Fsp3) is 0.267. The summed E-state index contributed by atoms with van der Waals surface area (Å²) in [6, 6.07) is 12.4. The van der Waals surface area contributed by atoms with E-state index in [4.69, 9.17) is 11.6 Å². The summed E-state index contributed by atoms with van der Waals surface area (Å²) in [5.41, 5.74) is 11.9. The van der Waals surface area contributed by atoms with E-state index >= 15 is 0 Å². The van der Waals surface area contributed by atoms with Crippen molar-refractivity contribution in [2.45, 2.75) is 25.3 Å². The van der Waals surface area contributed by atoms with E-state index in [1.54, 1.807) is 6.20 Å². The third-order valence-corrected chi connectivity index (χ3v) is 3.27. The Kier molecular flexibility index (Phi) is 4.89. The van der Waals surface area contributed by atoms with Gasteiger partial charge in [0, 0.05) is 24.1 Å². The molecular formula is C15H20N4. The summed E-state index contributed by atoms with van der Waals surface area (Å²) >= 11 is 0. The summed E-state index contributed by atoms with van der Waals surface area (Å²) in [4.78, 5) is 4.10. The SMILES string of the molecule is NNC(CCc1ccccc1)Cc1cnccc1N. The molecule has 4 heteroatoms. The van der Waals surface area contributed by atoms with Gasteiger partial charge in [-0.25, -0.2) is 0 Å². The van der Waals surface area contributed by atoms with Crippen LogP contribution < -0.4 is 17.0 Å². The first-order valence-electron chi connectivity index (χ1n) is 6.48. The van der Waals surface area contributed by atoms with Crippen LogP contribution in [0, 0.1) is 0 Å². The Morgan fingerprint density at radius 1 is 1.16 bits per heavy atom. The molecule has 100 valence electrons. The second kappa shape index (κ2) is 6.87. The van der Waals surface area contributed by atoms with Crippen LogP contribution in [0.5, 0.6) is 0 Å². The largest absolute Gasteiger partial charge is 0.398 e. The predicted octanol–water partition coefficient (Wildman–Crippen LogP) is 1.67. The third kappa shape index (κ3) is 4.05. The Morgan fingerprint density at radius 2 is 1.95 bits per heavy atom. The van der Waals surface area contributed by atoms with Crippen molar-refractivity contribution in [3.8, 4) is 0 Å². The monoisotopic (exact) mass is 256 g/mol. The Morgan fingerprint density at radius 3 is 2.63 bits per heavy atom.